The smallest absolute Gasteiger partial charge is 0.245 e. The molecular formula is C10H11BrN2O4. The summed E-state index contributed by atoms with van der Waals surface area (Å²) in [5.74, 6) is 0.876. The van der Waals surface area contributed by atoms with Gasteiger partial charge in [-0.2, -0.15) is 5.48 Å². The predicted molar refractivity (Wildman–Crippen MR) is 62.3 cm³/mol. The fraction of sp³-hybridized carbons (Fsp3) is 0.300. The third kappa shape index (κ3) is 3.09. The first kappa shape index (κ1) is 12.2. The van der Waals surface area contributed by atoms with E-state index in [1.54, 1.807) is 0 Å². The summed E-state index contributed by atoms with van der Waals surface area (Å²) in [6.07, 6.45) is 0. The number of fused-ring (bicyclic) bond motifs is 1. The number of hydrogen-bond acceptors (Lipinski definition) is 5. The first-order valence-electron chi connectivity index (χ1n) is 4.88. The molecule has 1 aliphatic rings. The number of amides is 1. The summed E-state index contributed by atoms with van der Waals surface area (Å²) in [7, 11) is 0. The number of halogens is 1. The van der Waals surface area contributed by atoms with E-state index in [9.17, 15) is 4.79 Å². The summed E-state index contributed by atoms with van der Waals surface area (Å²) in [5.41, 5.74) is 8.49. The maximum absolute atomic E-state index is 10.4. The Morgan fingerprint density at radius 1 is 1.47 bits per heavy atom. The van der Waals surface area contributed by atoms with E-state index < -0.39 is 5.91 Å². The second-order valence-electron chi connectivity index (χ2n) is 3.37. The number of ether oxygens (including phenoxy) is 2. The van der Waals surface area contributed by atoms with Crippen molar-refractivity contribution in [3.8, 4) is 11.5 Å². The van der Waals surface area contributed by atoms with Crippen LogP contribution in [0, 0.1) is 0 Å². The number of carbonyl (C=O) groups excluding carboxylic acids is 1. The summed E-state index contributed by atoms with van der Waals surface area (Å²) in [6, 6.07) is 3.67. The molecule has 3 N–H and O–H groups in total. The van der Waals surface area contributed by atoms with Crippen molar-refractivity contribution in [1.29, 1.82) is 0 Å². The van der Waals surface area contributed by atoms with Crippen LogP contribution >= 0.6 is 15.9 Å². The lowest BCUT2D eigenvalue weighted by molar-refractivity contribution is -0.125. The quantitative estimate of drug-likeness (QED) is 0.617. The number of primary amides is 1. The molecule has 0 aliphatic carbocycles. The van der Waals surface area contributed by atoms with Gasteiger partial charge in [-0.25, -0.2) is 0 Å². The van der Waals surface area contributed by atoms with E-state index in [0.29, 0.717) is 18.0 Å². The largest absolute Gasteiger partial charge is 0.454 e. The minimum atomic E-state index is -0.526. The Balaban J connectivity index is 1.94. The number of nitrogens with one attached hydrogen (secondary N) is 1. The van der Waals surface area contributed by atoms with Crippen LogP contribution in [0.3, 0.4) is 0 Å². The van der Waals surface area contributed by atoms with Crippen LogP contribution in [0.1, 0.15) is 5.56 Å². The molecule has 0 fully saturated rings. The van der Waals surface area contributed by atoms with E-state index in [-0.39, 0.29) is 13.4 Å². The Morgan fingerprint density at radius 3 is 2.88 bits per heavy atom. The van der Waals surface area contributed by atoms with E-state index in [4.69, 9.17) is 20.0 Å². The minimum Gasteiger partial charge on any atom is -0.454 e. The third-order valence-corrected chi connectivity index (χ3v) is 2.86. The van der Waals surface area contributed by atoms with Crippen LogP contribution < -0.4 is 20.7 Å². The number of nitrogens with two attached hydrogens (primary N) is 1. The minimum absolute atomic E-state index is 0.165. The third-order valence-electron chi connectivity index (χ3n) is 2.12. The lowest BCUT2D eigenvalue weighted by Crippen LogP contribution is -2.24. The molecule has 0 atom stereocenters. The van der Waals surface area contributed by atoms with Crippen molar-refractivity contribution in [3.05, 3.63) is 22.2 Å². The second kappa shape index (κ2) is 5.35. The average Bonchev–Trinajstić information content (AvgIpc) is 2.71. The van der Waals surface area contributed by atoms with Crippen molar-refractivity contribution in [2.24, 2.45) is 5.73 Å². The number of carbonyl (C=O) groups is 1. The zero-order chi connectivity index (χ0) is 12.3. The molecule has 0 saturated carbocycles. The Hall–Kier alpha value is -1.31. The highest BCUT2D eigenvalue weighted by Gasteiger charge is 2.16. The van der Waals surface area contributed by atoms with Gasteiger partial charge in [-0.1, -0.05) is 15.9 Å². The van der Waals surface area contributed by atoms with Crippen molar-refractivity contribution >= 4 is 21.8 Å². The zero-order valence-corrected chi connectivity index (χ0v) is 10.5. The van der Waals surface area contributed by atoms with Gasteiger partial charge in [0, 0.05) is 11.0 Å². The Morgan fingerprint density at radius 2 is 2.18 bits per heavy atom. The van der Waals surface area contributed by atoms with Crippen molar-refractivity contribution in [3.63, 3.8) is 0 Å². The van der Waals surface area contributed by atoms with Gasteiger partial charge < -0.3 is 15.2 Å². The molecule has 2 rings (SSSR count). The van der Waals surface area contributed by atoms with Crippen LogP contribution in [0.5, 0.6) is 11.5 Å². The van der Waals surface area contributed by atoms with Crippen LogP contribution in [0.15, 0.2) is 16.6 Å². The van der Waals surface area contributed by atoms with Crippen LogP contribution in [0.25, 0.3) is 0 Å². The van der Waals surface area contributed by atoms with Crippen molar-refractivity contribution in [2.75, 3.05) is 13.4 Å². The monoisotopic (exact) mass is 302 g/mol. The molecule has 6 nitrogen and oxygen atoms in total. The first-order chi connectivity index (χ1) is 8.16. The standard InChI is InChI=1S/C10H11BrN2O4/c11-7-2-9-8(15-5-16-9)1-6(7)3-13-17-4-10(12)14/h1-2,13H,3-5H2,(H2,12,14). The molecule has 0 bridgehead atoms. The van der Waals surface area contributed by atoms with E-state index in [1.165, 1.54) is 0 Å². The molecule has 92 valence electrons. The van der Waals surface area contributed by atoms with Crippen LogP contribution in [0.4, 0.5) is 0 Å². The highest BCUT2D eigenvalue weighted by atomic mass is 79.9. The molecular weight excluding hydrogens is 292 g/mol. The van der Waals surface area contributed by atoms with Crippen molar-refractivity contribution < 1.29 is 19.1 Å². The van der Waals surface area contributed by atoms with Crippen LogP contribution in [-0.2, 0) is 16.2 Å². The Labute approximate surface area is 106 Å². The van der Waals surface area contributed by atoms with E-state index in [1.807, 2.05) is 12.1 Å². The topological polar surface area (TPSA) is 82.8 Å². The fourth-order valence-corrected chi connectivity index (χ4v) is 1.81. The van der Waals surface area contributed by atoms with Gasteiger partial charge in [-0.3, -0.25) is 9.63 Å². The highest BCUT2D eigenvalue weighted by molar-refractivity contribution is 9.10. The number of rotatable bonds is 5. The molecule has 0 aromatic heterocycles. The van der Waals surface area contributed by atoms with Crippen LogP contribution in [-0.4, -0.2) is 19.3 Å². The summed E-state index contributed by atoms with van der Waals surface area (Å²) >= 11 is 3.41. The lowest BCUT2D eigenvalue weighted by Gasteiger charge is -2.07. The normalized spacial score (nSPS) is 12.8. The SMILES string of the molecule is NC(=O)CONCc1cc2c(cc1Br)OCO2. The summed E-state index contributed by atoms with van der Waals surface area (Å²) in [4.78, 5) is 15.3. The molecule has 0 saturated heterocycles. The number of hydrogen-bond donors (Lipinski definition) is 2. The summed E-state index contributed by atoms with van der Waals surface area (Å²) in [6.45, 7) is 0.490. The number of hydroxylamine groups is 1. The molecule has 0 spiro atoms. The van der Waals surface area contributed by atoms with Crippen molar-refractivity contribution in [2.45, 2.75) is 6.54 Å². The maximum atomic E-state index is 10.4. The van der Waals surface area contributed by atoms with Crippen molar-refractivity contribution in [1.82, 2.24) is 5.48 Å². The summed E-state index contributed by atoms with van der Waals surface area (Å²) < 4.78 is 11.4. The molecule has 1 aromatic rings. The zero-order valence-electron chi connectivity index (χ0n) is 8.86. The molecule has 0 radical (unpaired) electrons. The molecule has 1 amide bonds. The van der Waals surface area contributed by atoms with E-state index in [2.05, 4.69) is 21.4 Å². The molecule has 1 aromatic carbocycles. The Kier molecular flexibility index (Phi) is 3.82. The Bertz CT molecular complexity index is 439. The van der Waals surface area contributed by atoms with Gasteiger partial charge in [0.25, 0.3) is 0 Å². The van der Waals surface area contributed by atoms with Crippen LogP contribution in [0.2, 0.25) is 0 Å². The lowest BCUT2D eigenvalue weighted by atomic mass is 10.2. The van der Waals surface area contributed by atoms with Gasteiger partial charge in [0.15, 0.2) is 11.5 Å². The maximum Gasteiger partial charge on any atom is 0.245 e. The van der Waals surface area contributed by atoms with Gasteiger partial charge in [0.05, 0.1) is 0 Å². The van der Waals surface area contributed by atoms with E-state index >= 15 is 0 Å². The number of benzene rings is 1. The fourth-order valence-electron chi connectivity index (χ4n) is 1.35. The van der Waals surface area contributed by atoms with Gasteiger partial charge in [0.2, 0.25) is 12.7 Å². The van der Waals surface area contributed by atoms with Gasteiger partial charge >= 0.3 is 0 Å². The molecule has 1 aliphatic heterocycles. The summed E-state index contributed by atoms with van der Waals surface area (Å²) in [5, 5.41) is 0. The first-order valence-corrected chi connectivity index (χ1v) is 5.67. The van der Waals surface area contributed by atoms with Gasteiger partial charge in [0.1, 0.15) is 6.61 Å². The van der Waals surface area contributed by atoms with E-state index in [0.717, 1.165) is 10.0 Å². The highest BCUT2D eigenvalue weighted by Crippen LogP contribution is 2.36. The van der Waals surface area contributed by atoms with Gasteiger partial charge in [-0.05, 0) is 17.7 Å². The molecule has 17 heavy (non-hydrogen) atoms. The van der Waals surface area contributed by atoms with Gasteiger partial charge in [-0.15, -0.1) is 0 Å². The molecule has 0 unspecified atom stereocenters. The molecule has 7 heteroatoms. The molecule has 1 heterocycles. The predicted octanol–water partition coefficient (Wildman–Crippen LogP) is 0.684. The average molecular weight is 303 g/mol. The second-order valence-corrected chi connectivity index (χ2v) is 4.23.